The second-order valence-corrected chi connectivity index (χ2v) is 2.56. The minimum atomic E-state index is -0.981. The van der Waals surface area contributed by atoms with Gasteiger partial charge in [0, 0.05) is 31.3 Å². The Morgan fingerprint density at radius 3 is 1.25 bits per heavy atom. The van der Waals surface area contributed by atoms with Crippen molar-refractivity contribution in [3.05, 3.63) is 25.3 Å². The molecule has 0 bridgehead atoms. The molecule has 0 amide bonds. The van der Waals surface area contributed by atoms with Gasteiger partial charge in [-0.2, -0.15) is 0 Å². The molecule has 0 aliphatic carbocycles. The zero-order chi connectivity index (χ0) is 13.6. The van der Waals surface area contributed by atoms with Gasteiger partial charge in [0.2, 0.25) is 0 Å². The first kappa shape index (κ1) is 19.8. The van der Waals surface area contributed by atoms with Crippen molar-refractivity contribution in [1.82, 2.24) is 0 Å². The summed E-state index contributed by atoms with van der Waals surface area (Å²) >= 11 is 0. The van der Waals surface area contributed by atoms with Crippen molar-refractivity contribution in [2.45, 2.75) is 6.92 Å². The van der Waals surface area contributed by atoms with E-state index in [1.165, 1.54) is 0 Å². The molecule has 16 heavy (non-hydrogen) atoms. The monoisotopic (exact) mass is 234 g/mol. The molecule has 0 atom stereocenters. The molecule has 6 nitrogen and oxygen atoms in total. The average Bonchev–Trinajstić information content (AvgIpc) is 2.29. The fraction of sp³-hybridized carbons (Fsp3) is 0.400. The van der Waals surface area contributed by atoms with Gasteiger partial charge in [0.05, 0.1) is 0 Å². The first-order valence-corrected chi connectivity index (χ1v) is 4.28. The van der Waals surface area contributed by atoms with Crippen LogP contribution in [0.5, 0.6) is 0 Å². The Morgan fingerprint density at radius 2 is 1.25 bits per heavy atom. The molecule has 0 aromatic carbocycles. The van der Waals surface area contributed by atoms with E-state index >= 15 is 0 Å². The van der Waals surface area contributed by atoms with Crippen molar-refractivity contribution in [3.8, 4) is 0 Å². The van der Waals surface area contributed by atoms with Crippen LogP contribution in [0.3, 0.4) is 0 Å². The molecule has 94 valence electrons. The second-order valence-electron chi connectivity index (χ2n) is 2.56. The summed E-state index contributed by atoms with van der Waals surface area (Å²) in [5.74, 6) is -1.92. The van der Waals surface area contributed by atoms with Crippen LogP contribution in [0.4, 0.5) is 0 Å². The van der Waals surface area contributed by atoms with Crippen LogP contribution in [0.1, 0.15) is 6.92 Å². The third-order valence-corrected chi connectivity index (χ3v) is 0.973. The largest absolute Gasteiger partial charge is 0.478 e. The summed E-state index contributed by atoms with van der Waals surface area (Å²) in [6, 6.07) is 0. The number of carbonyl (C=O) groups is 2. The van der Waals surface area contributed by atoms with Gasteiger partial charge in [-0.3, -0.25) is 0 Å². The van der Waals surface area contributed by atoms with E-state index in [2.05, 4.69) is 13.2 Å². The minimum absolute atomic E-state index is 0.0463. The number of aliphatic carboxylic acids is 2. The molecule has 4 N–H and O–H groups in total. The molecule has 0 rings (SSSR count). The smallest absolute Gasteiger partial charge is 0.327 e. The number of rotatable bonds is 4. The van der Waals surface area contributed by atoms with Gasteiger partial charge in [-0.25, -0.2) is 9.59 Å². The Kier molecular flexibility index (Phi) is 19.6. The zero-order valence-electron chi connectivity index (χ0n) is 9.17. The van der Waals surface area contributed by atoms with Gasteiger partial charge in [-0.05, 0) is 0 Å². The highest BCUT2D eigenvalue weighted by atomic mass is 16.4. The number of aliphatic hydroxyl groups is 2. The molecule has 6 heteroatoms. The molecule has 0 radical (unpaired) electrons. The maximum Gasteiger partial charge on any atom is 0.327 e. The lowest BCUT2D eigenvalue weighted by atomic mass is 10.2. The highest BCUT2D eigenvalue weighted by molar-refractivity contribution is 5.79. The molecule has 0 unspecified atom stereocenters. The number of hydrogen-bond donors (Lipinski definition) is 4. The summed E-state index contributed by atoms with van der Waals surface area (Å²) in [6.07, 6.45) is 1.67. The van der Waals surface area contributed by atoms with Gasteiger partial charge in [-0.1, -0.05) is 20.1 Å². The first-order chi connectivity index (χ1) is 7.35. The molecule has 0 aliphatic rings. The predicted molar refractivity (Wildman–Crippen MR) is 59.0 cm³/mol. The van der Waals surface area contributed by atoms with Crippen molar-refractivity contribution in [2.24, 2.45) is 5.92 Å². The highest BCUT2D eigenvalue weighted by Crippen LogP contribution is 1.85. The van der Waals surface area contributed by atoms with Gasteiger partial charge in [-0.15, -0.1) is 0 Å². The number of carboxylic acids is 2. The van der Waals surface area contributed by atoms with Crippen molar-refractivity contribution in [1.29, 1.82) is 0 Å². The van der Waals surface area contributed by atoms with E-state index < -0.39 is 11.9 Å². The molecule has 0 aromatic rings. The molecule has 0 spiro atoms. The summed E-state index contributed by atoms with van der Waals surface area (Å²) in [5, 5.41) is 31.6. The molecule has 0 fully saturated rings. The summed E-state index contributed by atoms with van der Waals surface area (Å²) in [5.41, 5.74) is 0. The van der Waals surface area contributed by atoms with Crippen molar-refractivity contribution in [3.63, 3.8) is 0 Å². The predicted octanol–water partition coefficient (Wildman–Crippen LogP) is 0.121. The van der Waals surface area contributed by atoms with Gasteiger partial charge in [0.25, 0.3) is 0 Å². The highest BCUT2D eigenvalue weighted by Gasteiger charge is 1.91. The quantitative estimate of drug-likeness (QED) is 0.513. The van der Waals surface area contributed by atoms with E-state index in [1.807, 2.05) is 0 Å². The van der Waals surface area contributed by atoms with Gasteiger partial charge >= 0.3 is 11.9 Å². The van der Waals surface area contributed by atoms with Crippen LogP contribution in [0, 0.1) is 5.92 Å². The van der Waals surface area contributed by atoms with E-state index in [1.54, 1.807) is 6.92 Å². The lowest BCUT2D eigenvalue weighted by molar-refractivity contribution is -0.132. The Bertz CT molecular complexity index is 189. The van der Waals surface area contributed by atoms with Crippen molar-refractivity contribution < 1.29 is 30.0 Å². The lowest BCUT2D eigenvalue weighted by Crippen LogP contribution is -2.04. The number of carboxylic acid groups (broad SMARTS) is 2. The summed E-state index contributed by atoms with van der Waals surface area (Å²) in [7, 11) is 0. The van der Waals surface area contributed by atoms with E-state index in [4.69, 9.17) is 20.4 Å². The summed E-state index contributed by atoms with van der Waals surface area (Å²) < 4.78 is 0. The molecular formula is C10H18O6. The van der Waals surface area contributed by atoms with Crippen LogP contribution in [-0.4, -0.2) is 45.6 Å². The molecule has 0 saturated heterocycles. The van der Waals surface area contributed by atoms with Gasteiger partial charge in [0.15, 0.2) is 0 Å². The van der Waals surface area contributed by atoms with Crippen LogP contribution in [-0.2, 0) is 9.59 Å². The SMILES string of the molecule is C=CC(=O)O.C=CC(=O)O.CC(CO)CO. The van der Waals surface area contributed by atoms with Crippen LogP contribution in [0.25, 0.3) is 0 Å². The van der Waals surface area contributed by atoms with Crippen molar-refractivity contribution in [2.75, 3.05) is 13.2 Å². The average molecular weight is 234 g/mol. The van der Waals surface area contributed by atoms with Gasteiger partial charge < -0.3 is 20.4 Å². The van der Waals surface area contributed by atoms with Crippen LogP contribution in [0.15, 0.2) is 25.3 Å². The van der Waals surface area contributed by atoms with Crippen LogP contribution < -0.4 is 0 Å². The first-order valence-electron chi connectivity index (χ1n) is 4.28. The van der Waals surface area contributed by atoms with E-state index in [-0.39, 0.29) is 19.1 Å². The van der Waals surface area contributed by atoms with Crippen LogP contribution in [0.2, 0.25) is 0 Å². The molecule has 0 aliphatic heterocycles. The number of hydrogen-bond acceptors (Lipinski definition) is 4. The zero-order valence-corrected chi connectivity index (χ0v) is 9.17. The molecular weight excluding hydrogens is 216 g/mol. The Labute approximate surface area is 94.2 Å². The van der Waals surface area contributed by atoms with Gasteiger partial charge in [0.1, 0.15) is 0 Å². The van der Waals surface area contributed by atoms with Crippen LogP contribution >= 0.6 is 0 Å². The third kappa shape index (κ3) is 39.5. The Balaban J connectivity index is -0.000000160. The fourth-order valence-electron chi connectivity index (χ4n) is 0.0577. The van der Waals surface area contributed by atoms with E-state index in [9.17, 15) is 9.59 Å². The molecule has 0 saturated carbocycles. The molecule has 0 aromatic heterocycles. The summed E-state index contributed by atoms with van der Waals surface area (Å²) in [6.45, 7) is 7.86. The van der Waals surface area contributed by atoms with E-state index in [0.29, 0.717) is 0 Å². The third-order valence-electron chi connectivity index (χ3n) is 0.973. The normalized spacial score (nSPS) is 7.75. The number of aliphatic hydroxyl groups excluding tert-OH is 2. The topological polar surface area (TPSA) is 115 Å². The fourth-order valence-corrected chi connectivity index (χ4v) is 0.0577. The maximum absolute atomic E-state index is 9.25. The maximum atomic E-state index is 9.25. The minimum Gasteiger partial charge on any atom is -0.478 e. The van der Waals surface area contributed by atoms with Crippen molar-refractivity contribution >= 4 is 11.9 Å². The molecule has 0 heterocycles. The lowest BCUT2D eigenvalue weighted by Gasteiger charge is -1.97. The standard InChI is InChI=1S/C4H10O2.2C3H4O2/c1-4(2-5)3-6;2*1-2-3(4)5/h4-6H,2-3H2,1H3;2*2H,1H2,(H,4,5). The second kappa shape index (κ2) is 15.8. The summed E-state index contributed by atoms with van der Waals surface area (Å²) in [4.78, 5) is 18.5. The van der Waals surface area contributed by atoms with E-state index in [0.717, 1.165) is 12.2 Å². The Morgan fingerprint density at radius 1 is 1.06 bits per heavy atom. The Hall–Kier alpha value is -1.66.